The summed E-state index contributed by atoms with van der Waals surface area (Å²) in [5, 5.41) is 12.6. The van der Waals surface area contributed by atoms with Gasteiger partial charge in [0.1, 0.15) is 0 Å². The van der Waals surface area contributed by atoms with Gasteiger partial charge in [0.15, 0.2) is 0 Å². The van der Waals surface area contributed by atoms with Crippen LogP contribution >= 0.6 is 0 Å². The normalized spacial score (nSPS) is 10.5. The van der Waals surface area contributed by atoms with Gasteiger partial charge in [-0.05, 0) is 24.1 Å². The van der Waals surface area contributed by atoms with E-state index < -0.39 is 0 Å². The van der Waals surface area contributed by atoms with Gasteiger partial charge in [-0.1, -0.05) is 24.3 Å². The highest BCUT2D eigenvalue weighted by Crippen LogP contribution is 2.19. The van der Waals surface area contributed by atoms with Crippen LogP contribution in [0.5, 0.6) is 0 Å². The Morgan fingerprint density at radius 1 is 1.00 bits per heavy atom. The van der Waals surface area contributed by atoms with Crippen molar-refractivity contribution in [3.8, 4) is 0 Å². The molecule has 1 N–H and O–H groups in total. The number of nitrogens with zero attached hydrogens (tertiary/aromatic N) is 3. The van der Waals surface area contributed by atoms with Gasteiger partial charge in [0, 0.05) is 24.3 Å². The number of hydrogen-bond acceptors (Lipinski definition) is 4. The minimum absolute atomic E-state index is 0.849. The number of pyridine rings is 1. The highest BCUT2D eigenvalue weighted by Gasteiger charge is 2.01. The van der Waals surface area contributed by atoms with Crippen molar-refractivity contribution in [1.82, 2.24) is 15.2 Å². The van der Waals surface area contributed by atoms with E-state index >= 15 is 0 Å². The lowest BCUT2D eigenvalue weighted by atomic mass is 10.2. The SMILES string of the molecule is c1cncc(CCNc2cnnc3ccccc23)c1. The number of nitrogens with one attached hydrogen (secondary N) is 1. The molecule has 0 fully saturated rings. The fourth-order valence-electron chi connectivity index (χ4n) is 2.04. The highest BCUT2D eigenvalue weighted by molar-refractivity contribution is 5.90. The van der Waals surface area contributed by atoms with Crippen LogP contribution in [-0.2, 0) is 6.42 Å². The molecule has 0 aliphatic carbocycles. The summed E-state index contributed by atoms with van der Waals surface area (Å²) in [6.07, 6.45) is 6.39. The van der Waals surface area contributed by atoms with Crippen LogP contribution in [-0.4, -0.2) is 21.7 Å². The van der Waals surface area contributed by atoms with Crippen molar-refractivity contribution >= 4 is 16.6 Å². The Bertz CT molecular complexity index is 662. The summed E-state index contributed by atoms with van der Waals surface area (Å²) in [5.41, 5.74) is 3.16. The van der Waals surface area contributed by atoms with E-state index in [1.807, 2.05) is 30.5 Å². The van der Waals surface area contributed by atoms with Crippen molar-refractivity contribution in [1.29, 1.82) is 0 Å². The zero-order valence-corrected chi connectivity index (χ0v) is 10.5. The molecule has 1 aromatic carbocycles. The molecule has 3 aromatic rings. The Morgan fingerprint density at radius 2 is 1.95 bits per heavy atom. The van der Waals surface area contributed by atoms with E-state index in [1.165, 1.54) is 5.56 Å². The summed E-state index contributed by atoms with van der Waals surface area (Å²) in [4.78, 5) is 4.11. The molecule has 0 bridgehead atoms. The molecule has 3 rings (SSSR count). The number of rotatable bonds is 4. The van der Waals surface area contributed by atoms with Gasteiger partial charge in [-0.2, -0.15) is 10.2 Å². The van der Waals surface area contributed by atoms with Gasteiger partial charge < -0.3 is 5.32 Å². The van der Waals surface area contributed by atoms with Crippen molar-refractivity contribution < 1.29 is 0 Å². The van der Waals surface area contributed by atoms with Crippen molar-refractivity contribution in [2.45, 2.75) is 6.42 Å². The van der Waals surface area contributed by atoms with Gasteiger partial charge in [-0.15, -0.1) is 0 Å². The zero-order valence-electron chi connectivity index (χ0n) is 10.5. The topological polar surface area (TPSA) is 50.7 Å². The molecule has 0 aliphatic rings. The second-order valence-corrected chi connectivity index (χ2v) is 4.31. The van der Waals surface area contributed by atoms with E-state index in [1.54, 1.807) is 12.4 Å². The Balaban J connectivity index is 1.72. The molecule has 94 valence electrons. The monoisotopic (exact) mass is 250 g/mol. The van der Waals surface area contributed by atoms with Crippen LogP contribution in [0.4, 0.5) is 5.69 Å². The standard InChI is InChI=1S/C15H14N4/c1-2-6-14-13(5-1)15(11-18-19-14)17-9-7-12-4-3-8-16-10-12/h1-6,8,10-11H,7,9H2,(H,17,19). The second kappa shape index (κ2) is 5.44. The number of benzene rings is 1. The first kappa shape index (κ1) is 11.6. The van der Waals surface area contributed by atoms with E-state index in [9.17, 15) is 0 Å². The maximum atomic E-state index is 4.11. The minimum Gasteiger partial charge on any atom is -0.383 e. The molecule has 0 radical (unpaired) electrons. The van der Waals surface area contributed by atoms with Crippen LogP contribution in [0, 0.1) is 0 Å². The van der Waals surface area contributed by atoms with Crippen LogP contribution < -0.4 is 5.32 Å². The lowest BCUT2D eigenvalue weighted by Gasteiger charge is -2.08. The number of anilines is 1. The van der Waals surface area contributed by atoms with Gasteiger partial charge in [0.2, 0.25) is 0 Å². The highest BCUT2D eigenvalue weighted by atomic mass is 15.1. The summed E-state index contributed by atoms with van der Waals surface area (Å²) in [5.74, 6) is 0. The average Bonchev–Trinajstić information content (AvgIpc) is 2.49. The maximum absolute atomic E-state index is 4.11. The first-order valence-electron chi connectivity index (χ1n) is 6.27. The molecule has 0 aliphatic heterocycles. The molecule has 0 saturated carbocycles. The Hall–Kier alpha value is -2.49. The number of hydrogen-bond donors (Lipinski definition) is 1. The smallest absolute Gasteiger partial charge is 0.0950 e. The van der Waals surface area contributed by atoms with Gasteiger partial charge in [0.05, 0.1) is 17.4 Å². The molecule has 0 unspecified atom stereocenters. The molecule has 0 amide bonds. The molecule has 2 aromatic heterocycles. The fourth-order valence-corrected chi connectivity index (χ4v) is 2.04. The lowest BCUT2D eigenvalue weighted by molar-refractivity contribution is 0.997. The van der Waals surface area contributed by atoms with Gasteiger partial charge in [-0.3, -0.25) is 4.98 Å². The Morgan fingerprint density at radius 3 is 2.84 bits per heavy atom. The molecule has 19 heavy (non-hydrogen) atoms. The Kier molecular flexibility index (Phi) is 3.32. The van der Waals surface area contributed by atoms with Crippen LogP contribution in [0.3, 0.4) is 0 Å². The van der Waals surface area contributed by atoms with Crippen molar-refractivity contribution in [3.63, 3.8) is 0 Å². The largest absolute Gasteiger partial charge is 0.383 e. The lowest BCUT2D eigenvalue weighted by Crippen LogP contribution is -2.06. The van der Waals surface area contributed by atoms with E-state index in [0.29, 0.717) is 0 Å². The minimum atomic E-state index is 0.849. The molecule has 0 atom stereocenters. The van der Waals surface area contributed by atoms with Crippen LogP contribution in [0.2, 0.25) is 0 Å². The first-order valence-corrected chi connectivity index (χ1v) is 6.27. The van der Waals surface area contributed by atoms with Crippen LogP contribution in [0.25, 0.3) is 10.9 Å². The van der Waals surface area contributed by atoms with Gasteiger partial charge in [0.25, 0.3) is 0 Å². The molecule has 0 saturated heterocycles. The first-order chi connectivity index (χ1) is 9.43. The predicted octanol–water partition coefficient (Wildman–Crippen LogP) is 2.68. The van der Waals surface area contributed by atoms with Crippen LogP contribution in [0.1, 0.15) is 5.56 Å². The van der Waals surface area contributed by atoms with E-state index in [-0.39, 0.29) is 0 Å². The molecule has 0 spiro atoms. The summed E-state index contributed by atoms with van der Waals surface area (Å²) in [7, 11) is 0. The summed E-state index contributed by atoms with van der Waals surface area (Å²) in [6.45, 7) is 0.849. The molecule has 2 heterocycles. The zero-order chi connectivity index (χ0) is 12.9. The number of fused-ring (bicyclic) bond motifs is 1. The second-order valence-electron chi connectivity index (χ2n) is 4.31. The Labute approximate surface area is 111 Å². The summed E-state index contributed by atoms with van der Waals surface area (Å²) in [6, 6.07) is 12.0. The third-order valence-electron chi connectivity index (χ3n) is 3.00. The number of aromatic nitrogens is 3. The average molecular weight is 250 g/mol. The predicted molar refractivity (Wildman–Crippen MR) is 76.0 cm³/mol. The van der Waals surface area contributed by atoms with Gasteiger partial charge in [-0.25, -0.2) is 0 Å². The molecular weight excluding hydrogens is 236 g/mol. The summed E-state index contributed by atoms with van der Waals surface area (Å²) < 4.78 is 0. The van der Waals surface area contributed by atoms with Crippen molar-refractivity contribution in [2.75, 3.05) is 11.9 Å². The van der Waals surface area contributed by atoms with Crippen molar-refractivity contribution in [2.24, 2.45) is 0 Å². The van der Waals surface area contributed by atoms with Crippen molar-refractivity contribution in [3.05, 3.63) is 60.6 Å². The molecule has 4 nitrogen and oxygen atoms in total. The molecular formula is C15H14N4. The van der Waals surface area contributed by atoms with Gasteiger partial charge >= 0.3 is 0 Å². The maximum Gasteiger partial charge on any atom is 0.0950 e. The quantitative estimate of drug-likeness (QED) is 0.773. The third kappa shape index (κ3) is 2.68. The van der Waals surface area contributed by atoms with E-state index in [0.717, 1.165) is 29.6 Å². The van der Waals surface area contributed by atoms with E-state index in [4.69, 9.17) is 0 Å². The van der Waals surface area contributed by atoms with E-state index in [2.05, 4.69) is 32.6 Å². The van der Waals surface area contributed by atoms with Crippen LogP contribution in [0.15, 0.2) is 55.0 Å². The summed E-state index contributed by atoms with van der Waals surface area (Å²) >= 11 is 0. The fraction of sp³-hybridized carbons (Fsp3) is 0.133. The third-order valence-corrected chi connectivity index (χ3v) is 3.00. The molecule has 4 heteroatoms.